The summed E-state index contributed by atoms with van der Waals surface area (Å²) < 4.78 is 24.2. The Morgan fingerprint density at radius 1 is 1.22 bits per heavy atom. The van der Waals surface area contributed by atoms with Crippen molar-refractivity contribution in [1.29, 1.82) is 0 Å². The van der Waals surface area contributed by atoms with Gasteiger partial charge in [-0.2, -0.15) is 0 Å². The van der Waals surface area contributed by atoms with Crippen LogP contribution < -0.4 is 5.73 Å². The number of nitrogen functional groups attached to an aromatic ring is 1. The van der Waals surface area contributed by atoms with Gasteiger partial charge in [0.2, 0.25) is 0 Å². The Morgan fingerprint density at radius 2 is 1.89 bits per heavy atom. The summed E-state index contributed by atoms with van der Waals surface area (Å²) in [5, 5.41) is 0.213. The lowest BCUT2D eigenvalue weighted by atomic mass is 10.3. The van der Waals surface area contributed by atoms with E-state index in [0.717, 1.165) is 0 Å². The molecule has 94 valence electrons. The molecule has 2 aromatic rings. The van der Waals surface area contributed by atoms with Gasteiger partial charge in [0, 0.05) is 12.4 Å². The molecule has 0 bridgehead atoms. The fourth-order valence-corrected chi connectivity index (χ4v) is 2.83. The van der Waals surface area contributed by atoms with E-state index in [1.165, 1.54) is 30.6 Å². The summed E-state index contributed by atoms with van der Waals surface area (Å²) in [6.45, 7) is 0. The average molecular weight is 284 g/mol. The van der Waals surface area contributed by atoms with Crippen LogP contribution in [0.2, 0.25) is 5.02 Å². The van der Waals surface area contributed by atoms with E-state index in [1.54, 1.807) is 6.07 Å². The lowest BCUT2D eigenvalue weighted by Gasteiger charge is -2.05. The summed E-state index contributed by atoms with van der Waals surface area (Å²) >= 11 is 5.80. The maximum absolute atomic E-state index is 12.1. The van der Waals surface area contributed by atoms with Gasteiger partial charge >= 0.3 is 0 Å². The van der Waals surface area contributed by atoms with E-state index in [1.807, 2.05) is 0 Å². The number of rotatable bonds is 3. The minimum atomic E-state index is -3.52. The van der Waals surface area contributed by atoms with Crippen LogP contribution >= 0.6 is 11.6 Å². The number of nitrogens with two attached hydrogens (primary N) is 1. The van der Waals surface area contributed by atoms with Crippen LogP contribution in [0.5, 0.6) is 0 Å². The number of nitrogens with zero attached hydrogens (tertiary/aromatic N) is 2. The predicted octanol–water partition coefficient (Wildman–Crippen LogP) is 1.69. The Bertz CT molecular complexity index is 659. The molecule has 1 aromatic carbocycles. The second kappa shape index (κ2) is 4.91. The standard InChI is InChI=1S/C11H10ClN3O2S/c12-9-6-8(2-3-10(9)13)18(16,17)7-11-14-4-1-5-15-11/h1-6H,7,13H2. The summed E-state index contributed by atoms with van der Waals surface area (Å²) in [6.07, 6.45) is 2.99. The van der Waals surface area contributed by atoms with Crippen molar-refractivity contribution in [2.75, 3.05) is 5.73 Å². The number of hydrogen-bond donors (Lipinski definition) is 1. The van der Waals surface area contributed by atoms with Gasteiger partial charge < -0.3 is 5.73 Å². The molecule has 1 heterocycles. The van der Waals surface area contributed by atoms with Crippen molar-refractivity contribution in [3.05, 3.63) is 47.5 Å². The van der Waals surface area contributed by atoms with E-state index in [0.29, 0.717) is 5.69 Å². The minimum Gasteiger partial charge on any atom is -0.398 e. The monoisotopic (exact) mass is 283 g/mol. The molecule has 0 saturated heterocycles. The summed E-state index contributed by atoms with van der Waals surface area (Å²) in [4.78, 5) is 7.87. The third-order valence-electron chi connectivity index (χ3n) is 2.27. The third-order valence-corrected chi connectivity index (χ3v) is 4.21. The predicted molar refractivity (Wildman–Crippen MR) is 68.8 cm³/mol. The Kier molecular flexibility index (Phi) is 3.49. The van der Waals surface area contributed by atoms with Gasteiger partial charge in [0.15, 0.2) is 9.84 Å². The second-order valence-corrected chi connectivity index (χ2v) is 6.00. The maximum atomic E-state index is 12.1. The topological polar surface area (TPSA) is 85.9 Å². The van der Waals surface area contributed by atoms with Crippen LogP contribution in [0.25, 0.3) is 0 Å². The first kappa shape index (κ1) is 12.8. The molecular formula is C11H10ClN3O2S. The maximum Gasteiger partial charge on any atom is 0.185 e. The van der Waals surface area contributed by atoms with Crippen LogP contribution in [0.15, 0.2) is 41.6 Å². The lowest BCUT2D eigenvalue weighted by Crippen LogP contribution is -2.08. The number of aromatic nitrogens is 2. The van der Waals surface area contributed by atoms with Gasteiger partial charge in [-0.05, 0) is 24.3 Å². The van der Waals surface area contributed by atoms with Crippen LogP contribution in [0.4, 0.5) is 5.69 Å². The number of anilines is 1. The first-order valence-electron chi connectivity index (χ1n) is 5.03. The van der Waals surface area contributed by atoms with Gasteiger partial charge in [0.1, 0.15) is 11.6 Å². The van der Waals surface area contributed by atoms with Crippen molar-refractivity contribution in [1.82, 2.24) is 9.97 Å². The SMILES string of the molecule is Nc1ccc(S(=O)(=O)Cc2ncccn2)cc1Cl. The molecule has 0 unspecified atom stereocenters. The molecule has 2 N–H and O–H groups in total. The zero-order valence-corrected chi connectivity index (χ0v) is 10.8. The van der Waals surface area contributed by atoms with Gasteiger partial charge in [0.05, 0.1) is 15.6 Å². The van der Waals surface area contributed by atoms with Crippen molar-refractivity contribution >= 4 is 27.1 Å². The highest BCUT2D eigenvalue weighted by atomic mass is 35.5. The van der Waals surface area contributed by atoms with E-state index in [-0.39, 0.29) is 21.5 Å². The van der Waals surface area contributed by atoms with Crippen molar-refractivity contribution in [3.63, 3.8) is 0 Å². The van der Waals surface area contributed by atoms with Gasteiger partial charge in [-0.15, -0.1) is 0 Å². The molecule has 0 saturated carbocycles. The van der Waals surface area contributed by atoms with Crippen molar-refractivity contribution in [2.24, 2.45) is 0 Å². The zero-order chi connectivity index (χ0) is 13.2. The largest absolute Gasteiger partial charge is 0.398 e. The molecule has 0 fully saturated rings. The fraction of sp³-hybridized carbons (Fsp3) is 0.0909. The first-order chi connectivity index (χ1) is 8.49. The Labute approximate surface area is 110 Å². The smallest absolute Gasteiger partial charge is 0.185 e. The molecule has 0 atom stereocenters. The molecule has 0 aliphatic rings. The molecule has 0 aliphatic carbocycles. The van der Waals surface area contributed by atoms with E-state index in [4.69, 9.17) is 17.3 Å². The number of sulfone groups is 1. The molecule has 18 heavy (non-hydrogen) atoms. The van der Waals surface area contributed by atoms with Crippen molar-refractivity contribution in [3.8, 4) is 0 Å². The van der Waals surface area contributed by atoms with Gasteiger partial charge in [-0.3, -0.25) is 0 Å². The highest BCUT2D eigenvalue weighted by Gasteiger charge is 2.17. The summed E-state index contributed by atoms with van der Waals surface area (Å²) in [7, 11) is -3.52. The minimum absolute atomic E-state index is 0.106. The molecule has 1 aromatic heterocycles. The summed E-state index contributed by atoms with van der Waals surface area (Å²) in [5.74, 6) is -0.0286. The molecule has 0 spiro atoms. The molecule has 7 heteroatoms. The van der Waals surface area contributed by atoms with E-state index in [2.05, 4.69) is 9.97 Å². The number of halogens is 1. The zero-order valence-electron chi connectivity index (χ0n) is 9.25. The summed E-state index contributed by atoms with van der Waals surface area (Å²) in [6, 6.07) is 5.83. The second-order valence-electron chi connectivity index (χ2n) is 3.61. The third kappa shape index (κ3) is 2.77. The first-order valence-corrected chi connectivity index (χ1v) is 7.06. The normalized spacial score (nSPS) is 11.4. The van der Waals surface area contributed by atoms with Crippen LogP contribution in [0.1, 0.15) is 5.82 Å². The highest BCUT2D eigenvalue weighted by molar-refractivity contribution is 7.90. The van der Waals surface area contributed by atoms with Gasteiger partial charge in [-0.25, -0.2) is 18.4 Å². The fourth-order valence-electron chi connectivity index (χ4n) is 1.36. The van der Waals surface area contributed by atoms with Crippen LogP contribution in [-0.2, 0) is 15.6 Å². The van der Waals surface area contributed by atoms with Crippen LogP contribution in [0.3, 0.4) is 0 Å². The van der Waals surface area contributed by atoms with Gasteiger partial charge in [-0.1, -0.05) is 11.6 Å². The number of benzene rings is 1. The quantitative estimate of drug-likeness (QED) is 0.866. The molecule has 0 radical (unpaired) electrons. The van der Waals surface area contributed by atoms with Crippen LogP contribution in [0, 0.1) is 0 Å². The highest BCUT2D eigenvalue weighted by Crippen LogP contribution is 2.24. The molecule has 0 amide bonds. The Hall–Kier alpha value is -1.66. The van der Waals surface area contributed by atoms with Crippen LogP contribution in [-0.4, -0.2) is 18.4 Å². The lowest BCUT2D eigenvalue weighted by molar-refractivity contribution is 0.594. The van der Waals surface area contributed by atoms with E-state index in [9.17, 15) is 8.42 Å². The van der Waals surface area contributed by atoms with E-state index < -0.39 is 9.84 Å². The van der Waals surface area contributed by atoms with Crippen molar-refractivity contribution < 1.29 is 8.42 Å². The van der Waals surface area contributed by atoms with Gasteiger partial charge in [0.25, 0.3) is 0 Å². The molecule has 0 aliphatic heterocycles. The Morgan fingerprint density at radius 3 is 2.50 bits per heavy atom. The summed E-state index contributed by atoms with van der Waals surface area (Å²) in [5.41, 5.74) is 5.87. The van der Waals surface area contributed by atoms with Crippen molar-refractivity contribution in [2.45, 2.75) is 10.6 Å². The molecule has 5 nitrogen and oxygen atoms in total. The van der Waals surface area contributed by atoms with E-state index >= 15 is 0 Å². The average Bonchev–Trinajstić information content (AvgIpc) is 2.33. The number of hydrogen-bond acceptors (Lipinski definition) is 5. The Balaban J connectivity index is 2.34. The molecular weight excluding hydrogens is 274 g/mol. The molecule has 2 rings (SSSR count).